The predicted molar refractivity (Wildman–Crippen MR) is 422 cm³/mol. The van der Waals surface area contributed by atoms with Crippen LogP contribution in [0.1, 0.15) is 143 Å². The fourth-order valence-corrected chi connectivity index (χ4v) is 10.2. The van der Waals surface area contributed by atoms with Crippen LogP contribution in [0.5, 0.6) is 0 Å². The number of hydrogen-bond acceptors (Lipinski definition) is 13. The van der Waals surface area contributed by atoms with Crippen LogP contribution < -0.4 is 11.5 Å². The molecule has 11 rings (SSSR count). The summed E-state index contributed by atoms with van der Waals surface area (Å²) >= 11 is 12.5. The van der Waals surface area contributed by atoms with Crippen LogP contribution in [0.25, 0.3) is 34.4 Å². The molecule has 0 unspecified atom stereocenters. The van der Waals surface area contributed by atoms with Crippen molar-refractivity contribution >= 4 is 129 Å². The number of ketones is 1. The SMILES string of the molecule is CC(=CB1OC(C)(C)C(C)(C)O1)c1ccccc1F.CC(=CBr)c1ccccc1F.CC(=Cc1cnccc1C#N)c1ccccc1F.CC(=Cc1cnccc1C(=N)N)c1ccccc1F.CC(=O)c1ccccc1F.N#Cc1ccncc1Br.NC(=O)c1ccncc1Br.O=C(O)c1ccncc1Br. The van der Waals surface area contributed by atoms with Crippen molar-refractivity contribution in [2.75, 3.05) is 0 Å². The van der Waals surface area contributed by atoms with Crippen LogP contribution in [0.2, 0.25) is 0 Å². The van der Waals surface area contributed by atoms with Gasteiger partial charge in [-0.1, -0.05) is 107 Å². The largest absolute Gasteiger partial charge is 0.487 e. The summed E-state index contributed by atoms with van der Waals surface area (Å²) in [4.78, 5) is 52.6. The Balaban J connectivity index is 0.000000261. The number of amides is 1. The number of hydrogen-bond donors (Lipinski definition) is 4. The normalized spacial score (nSPS) is 12.4. The second kappa shape index (κ2) is 44.3. The minimum atomic E-state index is -0.950. The molecule has 0 spiro atoms. The molecular formula is C80H72BBr4F5N10O6. The molecule has 6 N–H and O–H groups in total. The third-order valence-electron chi connectivity index (χ3n) is 15.1. The Morgan fingerprint density at radius 2 is 0.792 bits per heavy atom. The molecule has 1 fully saturated rings. The number of carbonyl (C=O) groups excluding carboxylic acids is 2. The highest BCUT2D eigenvalue weighted by Gasteiger charge is 2.50. The zero-order valence-electron chi connectivity index (χ0n) is 58.8. The van der Waals surface area contributed by atoms with E-state index in [1.54, 1.807) is 151 Å². The number of carboxylic acid groups (broad SMARTS) is 1. The Bertz CT molecular complexity index is 4750. The molecule has 5 aromatic carbocycles. The second-order valence-electron chi connectivity index (χ2n) is 23.2. The highest BCUT2D eigenvalue weighted by Crippen LogP contribution is 2.38. The quantitative estimate of drug-likeness (QED) is 0.0308. The van der Waals surface area contributed by atoms with Gasteiger partial charge in [0.15, 0.2) is 5.78 Å². The molecule has 26 heteroatoms. The molecule has 1 amide bonds. The van der Waals surface area contributed by atoms with Crippen LogP contribution in [-0.2, 0) is 9.31 Å². The molecule has 0 radical (unpaired) electrons. The maximum absolute atomic E-state index is 13.7. The first-order chi connectivity index (χ1) is 50.3. The van der Waals surface area contributed by atoms with E-state index in [9.17, 15) is 36.3 Å². The summed E-state index contributed by atoms with van der Waals surface area (Å²) in [5.74, 6) is -1.24. The zero-order chi connectivity index (χ0) is 78.7. The second-order valence-corrected chi connectivity index (χ2v) is 26.2. The maximum atomic E-state index is 13.7. The smallest absolute Gasteiger partial charge is 0.478 e. The van der Waals surface area contributed by atoms with Crippen molar-refractivity contribution in [3.63, 3.8) is 0 Å². The molecule has 106 heavy (non-hydrogen) atoms. The lowest BCUT2D eigenvalue weighted by Gasteiger charge is -2.32. The number of nitrogens with zero attached hydrogens (tertiary/aromatic N) is 7. The van der Waals surface area contributed by atoms with Crippen molar-refractivity contribution in [3.05, 3.63) is 334 Å². The average Bonchev–Trinajstić information content (AvgIpc) is 1.63. The van der Waals surface area contributed by atoms with Gasteiger partial charge in [-0.15, -0.1) is 0 Å². The monoisotopic (exact) mass is 1690 g/mol. The number of aromatic carboxylic acids is 1. The number of primary amides is 1. The van der Waals surface area contributed by atoms with E-state index in [1.807, 2.05) is 79.6 Å². The Kier molecular flexibility index (Phi) is 36.7. The van der Waals surface area contributed by atoms with Gasteiger partial charge in [0, 0.05) is 105 Å². The summed E-state index contributed by atoms with van der Waals surface area (Å²) in [6.45, 7) is 16.7. The molecule has 5 aromatic heterocycles. The third kappa shape index (κ3) is 28.1. The van der Waals surface area contributed by atoms with Crippen molar-refractivity contribution in [2.45, 2.75) is 73.5 Å². The lowest BCUT2D eigenvalue weighted by atomic mass is 9.85. The molecule has 10 aromatic rings. The van der Waals surface area contributed by atoms with Gasteiger partial charge >= 0.3 is 13.1 Å². The van der Waals surface area contributed by atoms with Crippen molar-refractivity contribution in [1.82, 2.24) is 24.9 Å². The standard InChI is InChI=1S/C15H20BFO2.C15H14FN3.C15H11FN2.C9H8BrF.C8H7FO.C6H5BrN2O.C6H3BrN2.C6H4BrNO2/c1-11(12-8-6-7-9-13(12)17)10-16-18-14(2,3)15(4,5)19-16;1-10(12-4-2-3-5-14(12)16)8-11-9-19-7-6-13(11)15(17)18;1-11(14-4-2-3-5-15(14)16)8-13-10-18-7-6-12(13)9-17;1-7(6-10)8-4-2-3-5-9(8)11;1-6(10)7-4-2-3-5-8(7)9;7-5-3-9-2-1-4(5)6(8)10;7-6-4-9-2-1-5(6)3-8;7-5-3-8-2-1-4(5)6(9)10/h6-10H,1-5H3;2-9H,1H3,(H3,17,18);2-8,10H,1H3;2-6H,1H3;2-5H,1H3;1-3H,(H2,8,10);1-2,4H;1-3H,(H,9,10). The molecule has 0 bridgehead atoms. The van der Waals surface area contributed by atoms with Crippen LogP contribution in [0.3, 0.4) is 0 Å². The lowest BCUT2D eigenvalue weighted by Crippen LogP contribution is -2.41. The van der Waals surface area contributed by atoms with Crippen LogP contribution in [-0.4, -0.2) is 71.8 Å². The van der Waals surface area contributed by atoms with Gasteiger partial charge in [-0.2, -0.15) is 10.5 Å². The molecule has 1 aliphatic heterocycles. The first-order valence-electron chi connectivity index (χ1n) is 31.6. The number of aromatic nitrogens is 5. The summed E-state index contributed by atoms with van der Waals surface area (Å²) in [5.41, 5.74) is 19.3. The average molecular weight is 1690 g/mol. The lowest BCUT2D eigenvalue weighted by molar-refractivity contribution is 0.00578. The van der Waals surface area contributed by atoms with E-state index >= 15 is 0 Å². The van der Waals surface area contributed by atoms with E-state index in [4.69, 9.17) is 41.8 Å². The van der Waals surface area contributed by atoms with Crippen molar-refractivity contribution in [1.29, 1.82) is 15.9 Å². The molecule has 6 heterocycles. The first kappa shape index (κ1) is 87.8. The van der Waals surface area contributed by atoms with E-state index in [0.29, 0.717) is 64.6 Å². The summed E-state index contributed by atoms with van der Waals surface area (Å²) in [5, 5.41) is 33.4. The minimum Gasteiger partial charge on any atom is -0.478 e. The van der Waals surface area contributed by atoms with Gasteiger partial charge in [0.25, 0.3) is 0 Å². The summed E-state index contributed by atoms with van der Waals surface area (Å²) in [6, 6.07) is 44.5. The fraction of sp³-hybridized carbons (Fsp3) is 0.138. The number of amidine groups is 1. The zero-order valence-corrected chi connectivity index (χ0v) is 65.1. The predicted octanol–water partition coefficient (Wildman–Crippen LogP) is 20.4. The molecule has 0 atom stereocenters. The number of rotatable bonds is 11. The maximum Gasteiger partial charge on any atom is 0.487 e. The van der Waals surface area contributed by atoms with Crippen LogP contribution in [0.15, 0.2) is 238 Å². The van der Waals surface area contributed by atoms with Gasteiger partial charge in [0.05, 0.1) is 54.0 Å². The number of nitriles is 2. The Labute approximate surface area is 646 Å². The molecule has 1 aliphatic rings. The highest BCUT2D eigenvalue weighted by atomic mass is 79.9. The number of nitrogens with one attached hydrogen (secondary N) is 1. The Morgan fingerprint density at radius 3 is 1.11 bits per heavy atom. The number of pyridine rings is 5. The van der Waals surface area contributed by atoms with E-state index in [2.05, 4.69) is 94.7 Å². The van der Waals surface area contributed by atoms with Gasteiger partial charge in [0.2, 0.25) is 5.91 Å². The van der Waals surface area contributed by atoms with E-state index in [0.717, 1.165) is 26.8 Å². The van der Waals surface area contributed by atoms with Gasteiger partial charge in [-0.3, -0.25) is 39.9 Å². The van der Waals surface area contributed by atoms with E-state index < -0.39 is 24.8 Å². The van der Waals surface area contributed by atoms with Crippen molar-refractivity contribution in [2.24, 2.45) is 11.5 Å². The fourth-order valence-electron chi connectivity index (χ4n) is 8.78. The number of carbonyl (C=O) groups is 3. The number of carboxylic acids is 1. The number of nitrogen functional groups attached to an aromatic ring is 1. The number of halogens is 9. The molecular weight excluding hydrogens is 1620 g/mol. The highest BCUT2D eigenvalue weighted by molar-refractivity contribution is 9.11. The molecule has 544 valence electrons. The molecule has 0 aliphatic carbocycles. The summed E-state index contributed by atoms with van der Waals surface area (Å²) in [6.07, 6.45) is 19.0. The van der Waals surface area contributed by atoms with E-state index in [-0.39, 0.29) is 57.2 Å². The Hall–Kier alpha value is -10.6. The minimum absolute atomic E-state index is 0.0324. The van der Waals surface area contributed by atoms with Crippen molar-refractivity contribution in [3.8, 4) is 12.1 Å². The summed E-state index contributed by atoms with van der Waals surface area (Å²) < 4.78 is 80.2. The van der Waals surface area contributed by atoms with Gasteiger partial charge < -0.3 is 25.9 Å². The van der Waals surface area contributed by atoms with Crippen LogP contribution >= 0.6 is 63.7 Å². The van der Waals surface area contributed by atoms with Gasteiger partial charge in [-0.25, -0.2) is 26.7 Å². The van der Waals surface area contributed by atoms with Crippen LogP contribution in [0, 0.1) is 57.2 Å². The van der Waals surface area contributed by atoms with E-state index in [1.165, 1.54) is 74.2 Å². The summed E-state index contributed by atoms with van der Waals surface area (Å²) in [7, 11) is -0.440. The van der Waals surface area contributed by atoms with Crippen LogP contribution in [0.4, 0.5) is 22.0 Å². The molecule has 1 saturated heterocycles. The van der Waals surface area contributed by atoms with Gasteiger partial charge in [0.1, 0.15) is 41.0 Å². The number of nitrogens with two attached hydrogens (primary N) is 2. The topological polar surface area (TPSA) is 278 Å². The first-order valence-corrected chi connectivity index (χ1v) is 34.9. The third-order valence-corrected chi connectivity index (χ3v) is 17.6. The molecule has 0 saturated carbocycles. The number of benzene rings is 5. The van der Waals surface area contributed by atoms with Gasteiger partial charge in [-0.05, 0) is 216 Å². The molecule has 16 nitrogen and oxygen atoms in total. The number of Topliss-reactive ketones (excluding diaryl/α,β-unsaturated/α-hetero) is 1. The van der Waals surface area contributed by atoms with Crippen molar-refractivity contribution < 1.29 is 50.8 Å². The number of allylic oxidation sites excluding steroid dienone is 4. The Morgan fingerprint density at radius 1 is 0.462 bits per heavy atom.